The van der Waals surface area contributed by atoms with Crippen LogP contribution in [0.25, 0.3) is 16.8 Å². The van der Waals surface area contributed by atoms with Gasteiger partial charge < -0.3 is 0 Å². The molecule has 0 heterocycles. The van der Waals surface area contributed by atoms with E-state index >= 15 is 0 Å². The van der Waals surface area contributed by atoms with Crippen LogP contribution in [-0.2, 0) is 0 Å². The number of benzene rings is 2. The van der Waals surface area contributed by atoms with Crippen molar-refractivity contribution in [1.29, 1.82) is 0 Å². The van der Waals surface area contributed by atoms with E-state index in [4.69, 9.17) is 11.6 Å². The normalized spacial score (nSPS) is 11.1. The van der Waals surface area contributed by atoms with Gasteiger partial charge in [0.05, 0.1) is 0 Å². The van der Waals surface area contributed by atoms with Gasteiger partial charge in [-0.05, 0) is 22.8 Å². The van der Waals surface area contributed by atoms with Crippen molar-refractivity contribution >= 4 is 34.7 Å². The maximum absolute atomic E-state index is 11.0. The third-order valence-electron chi connectivity index (χ3n) is 2.69. The number of hydrogen-bond donors (Lipinski definition) is 0. The van der Waals surface area contributed by atoms with E-state index in [2.05, 4.69) is 0 Å². The largest absolute Gasteiger partial charge is 0.298 e. The van der Waals surface area contributed by atoms with E-state index in [1.807, 2.05) is 48.6 Å². The lowest BCUT2D eigenvalue weighted by molar-refractivity contribution is 0.112. The molecule has 2 aromatic rings. The first-order valence-electron chi connectivity index (χ1n) is 5.56. The highest BCUT2D eigenvalue weighted by molar-refractivity contribution is 6.18. The average Bonchev–Trinajstić information content (AvgIpc) is 2.39. The Morgan fingerprint density at radius 2 is 1.94 bits per heavy atom. The van der Waals surface area contributed by atoms with E-state index in [1.54, 1.807) is 0 Å². The predicted octanol–water partition coefficient (Wildman–Crippen LogP) is 4.29. The number of alkyl halides is 1. The van der Waals surface area contributed by atoms with Crippen LogP contribution in [0.5, 0.6) is 0 Å². The smallest absolute Gasteiger partial charge is 0.150 e. The molecule has 0 spiro atoms. The third-order valence-corrected chi connectivity index (χ3v) is 2.91. The summed E-state index contributed by atoms with van der Waals surface area (Å²) in [4.78, 5) is 11.0. The fourth-order valence-electron chi connectivity index (χ4n) is 1.87. The zero-order valence-corrected chi connectivity index (χ0v) is 10.2. The molecule has 0 aliphatic heterocycles. The van der Waals surface area contributed by atoms with Crippen LogP contribution in [0.1, 0.15) is 22.3 Å². The SMILES string of the molecule is O=Cc1ccc2ccccc2c1C=CCCCl. The van der Waals surface area contributed by atoms with Crippen molar-refractivity contribution in [3.05, 3.63) is 53.6 Å². The molecule has 0 N–H and O–H groups in total. The van der Waals surface area contributed by atoms with Gasteiger partial charge in [0.25, 0.3) is 0 Å². The first-order chi connectivity index (χ1) is 8.36. The quantitative estimate of drug-likeness (QED) is 0.579. The fraction of sp³-hybridized carbons (Fsp3) is 0.133. The first kappa shape index (κ1) is 11.9. The Kier molecular flexibility index (Phi) is 3.94. The van der Waals surface area contributed by atoms with E-state index in [0.717, 1.165) is 34.6 Å². The molecular formula is C15H13ClO. The molecule has 0 saturated heterocycles. The van der Waals surface area contributed by atoms with Crippen molar-refractivity contribution in [2.45, 2.75) is 6.42 Å². The van der Waals surface area contributed by atoms with Gasteiger partial charge in [-0.25, -0.2) is 0 Å². The number of carbonyl (C=O) groups is 1. The van der Waals surface area contributed by atoms with Crippen LogP contribution in [0.3, 0.4) is 0 Å². The molecule has 86 valence electrons. The number of halogens is 1. The van der Waals surface area contributed by atoms with Gasteiger partial charge in [0.2, 0.25) is 0 Å². The molecule has 0 amide bonds. The molecule has 17 heavy (non-hydrogen) atoms. The Labute approximate surface area is 106 Å². The van der Waals surface area contributed by atoms with E-state index < -0.39 is 0 Å². The van der Waals surface area contributed by atoms with Gasteiger partial charge in [-0.15, -0.1) is 11.6 Å². The van der Waals surface area contributed by atoms with Gasteiger partial charge in [0, 0.05) is 11.4 Å². The summed E-state index contributed by atoms with van der Waals surface area (Å²) in [5, 5.41) is 2.24. The summed E-state index contributed by atoms with van der Waals surface area (Å²) < 4.78 is 0. The van der Waals surface area contributed by atoms with Gasteiger partial charge in [-0.2, -0.15) is 0 Å². The molecule has 0 aliphatic rings. The van der Waals surface area contributed by atoms with Crippen molar-refractivity contribution in [3.63, 3.8) is 0 Å². The van der Waals surface area contributed by atoms with Gasteiger partial charge in [-0.3, -0.25) is 4.79 Å². The fourth-order valence-corrected chi connectivity index (χ4v) is 1.99. The Bertz CT molecular complexity index is 558. The Morgan fingerprint density at radius 3 is 2.71 bits per heavy atom. The van der Waals surface area contributed by atoms with Crippen LogP contribution in [0.15, 0.2) is 42.5 Å². The highest BCUT2D eigenvalue weighted by Crippen LogP contribution is 2.23. The van der Waals surface area contributed by atoms with Gasteiger partial charge >= 0.3 is 0 Å². The minimum absolute atomic E-state index is 0.595. The molecule has 2 aromatic carbocycles. The van der Waals surface area contributed by atoms with E-state index in [0.29, 0.717) is 5.88 Å². The number of rotatable bonds is 4. The second kappa shape index (κ2) is 5.65. The Hall–Kier alpha value is -1.60. The number of hydrogen-bond acceptors (Lipinski definition) is 1. The summed E-state index contributed by atoms with van der Waals surface area (Å²) in [7, 11) is 0. The summed E-state index contributed by atoms with van der Waals surface area (Å²) >= 11 is 5.64. The zero-order valence-electron chi connectivity index (χ0n) is 9.40. The lowest BCUT2D eigenvalue weighted by Crippen LogP contribution is -1.88. The molecule has 0 radical (unpaired) electrons. The molecule has 2 heteroatoms. The van der Waals surface area contributed by atoms with Crippen LogP contribution < -0.4 is 0 Å². The molecule has 2 rings (SSSR count). The van der Waals surface area contributed by atoms with Gasteiger partial charge in [0.15, 0.2) is 6.29 Å². The van der Waals surface area contributed by atoms with Gasteiger partial charge in [-0.1, -0.05) is 48.6 Å². The van der Waals surface area contributed by atoms with Gasteiger partial charge in [0.1, 0.15) is 0 Å². The van der Waals surface area contributed by atoms with Crippen LogP contribution in [-0.4, -0.2) is 12.2 Å². The molecule has 0 unspecified atom stereocenters. The van der Waals surface area contributed by atoms with E-state index in [9.17, 15) is 4.79 Å². The number of aldehydes is 1. The van der Waals surface area contributed by atoms with Crippen molar-refractivity contribution in [2.75, 3.05) is 5.88 Å². The molecule has 0 atom stereocenters. The Balaban J connectivity index is 2.58. The summed E-state index contributed by atoms with van der Waals surface area (Å²) in [5.74, 6) is 0.595. The van der Waals surface area contributed by atoms with Crippen molar-refractivity contribution in [1.82, 2.24) is 0 Å². The highest BCUT2D eigenvalue weighted by Gasteiger charge is 2.03. The molecular weight excluding hydrogens is 232 g/mol. The molecule has 0 aliphatic carbocycles. The molecule has 0 fully saturated rings. The molecule has 0 saturated carbocycles. The van der Waals surface area contributed by atoms with Crippen LogP contribution >= 0.6 is 11.6 Å². The second-order valence-electron chi connectivity index (χ2n) is 3.79. The van der Waals surface area contributed by atoms with Crippen molar-refractivity contribution in [3.8, 4) is 0 Å². The monoisotopic (exact) mass is 244 g/mol. The second-order valence-corrected chi connectivity index (χ2v) is 4.17. The molecule has 0 aromatic heterocycles. The van der Waals surface area contributed by atoms with Crippen LogP contribution in [0, 0.1) is 0 Å². The highest BCUT2D eigenvalue weighted by atomic mass is 35.5. The van der Waals surface area contributed by atoms with E-state index in [1.165, 1.54) is 0 Å². The lowest BCUT2D eigenvalue weighted by Gasteiger charge is -2.05. The minimum atomic E-state index is 0.595. The predicted molar refractivity (Wildman–Crippen MR) is 73.7 cm³/mol. The van der Waals surface area contributed by atoms with Crippen molar-refractivity contribution < 1.29 is 4.79 Å². The van der Waals surface area contributed by atoms with Crippen LogP contribution in [0.2, 0.25) is 0 Å². The summed E-state index contributed by atoms with van der Waals surface area (Å²) in [6, 6.07) is 11.9. The maximum Gasteiger partial charge on any atom is 0.150 e. The molecule has 0 bridgehead atoms. The minimum Gasteiger partial charge on any atom is -0.298 e. The summed E-state index contributed by atoms with van der Waals surface area (Å²) in [6.07, 6.45) is 5.69. The number of carbonyl (C=O) groups excluding carboxylic acids is 1. The maximum atomic E-state index is 11.0. The topological polar surface area (TPSA) is 17.1 Å². The standard InChI is InChI=1S/C15H13ClO/c16-10-4-3-7-15-13(11-17)9-8-12-5-1-2-6-14(12)15/h1-3,5-9,11H,4,10H2. The average molecular weight is 245 g/mol. The number of allylic oxidation sites excluding steroid dienone is 1. The van der Waals surface area contributed by atoms with Crippen molar-refractivity contribution in [2.24, 2.45) is 0 Å². The first-order valence-corrected chi connectivity index (χ1v) is 6.09. The third kappa shape index (κ3) is 2.56. The summed E-state index contributed by atoms with van der Waals surface area (Å²) in [6.45, 7) is 0. The lowest BCUT2D eigenvalue weighted by atomic mass is 9.99. The Morgan fingerprint density at radius 1 is 1.12 bits per heavy atom. The van der Waals surface area contributed by atoms with E-state index in [-0.39, 0.29) is 0 Å². The number of fused-ring (bicyclic) bond motifs is 1. The zero-order chi connectivity index (χ0) is 12.1. The molecule has 1 nitrogen and oxygen atoms in total. The summed E-state index contributed by atoms with van der Waals surface area (Å²) in [5.41, 5.74) is 1.69. The van der Waals surface area contributed by atoms with Crippen LogP contribution in [0.4, 0.5) is 0 Å².